The quantitative estimate of drug-likeness (QED) is 0.0255. The van der Waals surface area contributed by atoms with E-state index in [4.69, 9.17) is 19.3 Å². The molecule has 0 saturated carbocycles. The number of rotatable bonds is 33. The van der Waals surface area contributed by atoms with Crippen molar-refractivity contribution in [2.24, 2.45) is 11.8 Å². The third-order valence-electron chi connectivity index (χ3n) is 9.07. The molecule has 1 rings (SSSR count). The fourth-order valence-electron chi connectivity index (χ4n) is 5.95. The van der Waals surface area contributed by atoms with E-state index in [9.17, 15) is 24.1 Å². The van der Waals surface area contributed by atoms with Crippen molar-refractivity contribution >= 4 is 25.5 Å². The Hall–Kier alpha value is -2.36. The number of ether oxygens (including phenoxy) is 2. The van der Waals surface area contributed by atoms with E-state index in [1.165, 1.54) is 38.5 Å². The minimum Gasteiger partial charge on any atom is -0.462 e. The summed E-state index contributed by atoms with van der Waals surface area (Å²) in [5.41, 5.74) is 0. The summed E-state index contributed by atoms with van der Waals surface area (Å²) in [6.45, 7) is 3.39. The number of phosphoric acid groups is 1. The molecule has 0 spiro atoms. The minimum absolute atomic E-state index is 0.0159. The SMILES string of the molecule is CCCCCCCC/C=C\CCCCCCCC(=O)OC[C@H](COP(=O)(O)O)OC(=O)CCC/C=C\C[C@H]1C=CC(=O)[C@@H]1/C=C/[C@@H](O)CCCCC. The molecule has 0 radical (unpaired) electrons. The van der Waals surface area contributed by atoms with Crippen molar-refractivity contribution in [2.75, 3.05) is 13.2 Å². The molecule has 0 fully saturated rings. The number of aliphatic hydroxyl groups is 1. The highest BCUT2D eigenvalue weighted by molar-refractivity contribution is 7.46. The van der Waals surface area contributed by atoms with Crippen LogP contribution >= 0.6 is 7.82 Å². The second-order valence-electron chi connectivity index (χ2n) is 13.9. The largest absolute Gasteiger partial charge is 0.469 e. The van der Waals surface area contributed by atoms with Crippen molar-refractivity contribution in [3.63, 3.8) is 0 Å². The van der Waals surface area contributed by atoms with Gasteiger partial charge in [-0.3, -0.25) is 18.9 Å². The second-order valence-corrected chi connectivity index (χ2v) is 15.2. The van der Waals surface area contributed by atoms with Gasteiger partial charge in [0.2, 0.25) is 0 Å². The van der Waals surface area contributed by atoms with E-state index >= 15 is 0 Å². The number of allylic oxidation sites excluding steroid dienone is 7. The second kappa shape index (κ2) is 31.0. The first-order valence-corrected chi connectivity index (χ1v) is 21.5. The van der Waals surface area contributed by atoms with Gasteiger partial charge in [-0.25, -0.2) is 4.57 Å². The van der Waals surface area contributed by atoms with Crippen molar-refractivity contribution in [2.45, 2.75) is 167 Å². The van der Waals surface area contributed by atoms with Gasteiger partial charge in [0.1, 0.15) is 6.61 Å². The van der Waals surface area contributed by atoms with Gasteiger partial charge in [-0.15, -0.1) is 0 Å². The molecule has 0 saturated heterocycles. The van der Waals surface area contributed by atoms with Gasteiger partial charge >= 0.3 is 19.8 Å². The predicted molar refractivity (Wildman–Crippen MR) is 206 cm³/mol. The molecule has 0 aliphatic heterocycles. The Morgan fingerprint density at radius 2 is 1.35 bits per heavy atom. The molecule has 1 aliphatic rings. The van der Waals surface area contributed by atoms with Gasteiger partial charge in [0, 0.05) is 18.8 Å². The number of carbonyl (C=O) groups is 3. The van der Waals surface area contributed by atoms with Crippen LogP contribution in [0, 0.1) is 11.8 Å². The molecule has 52 heavy (non-hydrogen) atoms. The van der Waals surface area contributed by atoms with Gasteiger partial charge in [-0.1, -0.05) is 127 Å². The fourth-order valence-corrected chi connectivity index (χ4v) is 6.31. The van der Waals surface area contributed by atoms with Crippen molar-refractivity contribution in [3.05, 3.63) is 48.6 Å². The van der Waals surface area contributed by atoms with Crippen LogP contribution in [0.5, 0.6) is 0 Å². The molecule has 0 aromatic carbocycles. The molecule has 0 aromatic heterocycles. The predicted octanol–water partition coefficient (Wildman–Crippen LogP) is 9.57. The summed E-state index contributed by atoms with van der Waals surface area (Å²) < 4.78 is 26.3. The summed E-state index contributed by atoms with van der Waals surface area (Å²) in [4.78, 5) is 55.3. The van der Waals surface area contributed by atoms with E-state index in [2.05, 4.69) is 30.5 Å². The molecular weight excluding hydrogens is 683 g/mol. The number of ketones is 1. The average Bonchev–Trinajstić information content (AvgIpc) is 3.46. The molecule has 0 unspecified atom stereocenters. The van der Waals surface area contributed by atoms with E-state index in [1.54, 1.807) is 12.2 Å². The minimum atomic E-state index is -4.81. The Kier molecular flexibility index (Phi) is 28.4. The van der Waals surface area contributed by atoms with Gasteiger partial charge in [-0.05, 0) is 69.8 Å². The molecular formula is C41H69O10P. The standard InChI is InChI=1S/C41H69O10P/c1-3-5-7-8-9-10-11-12-13-14-15-16-17-18-23-27-40(44)49-33-37(34-50-52(46,47)48)51-41(45)28-24-20-19-22-25-35-29-32-39(43)38(35)31-30-36(42)26-21-6-4-2/h12-13,19,22,29-32,35-38,42H,3-11,14-18,20-21,23-28,33-34H2,1-2H3,(H2,46,47,48)/b13-12-,22-19-,31-30+/t35-,36-,37+,38+/m0/s1. The van der Waals surface area contributed by atoms with Crippen molar-refractivity contribution < 1.29 is 47.8 Å². The Bertz CT molecular complexity index is 1120. The Balaban J connectivity index is 2.28. The van der Waals surface area contributed by atoms with Crippen molar-refractivity contribution in [1.29, 1.82) is 0 Å². The number of phosphoric ester groups is 1. The highest BCUT2D eigenvalue weighted by Crippen LogP contribution is 2.36. The topological polar surface area (TPSA) is 157 Å². The summed E-state index contributed by atoms with van der Waals surface area (Å²) >= 11 is 0. The Labute approximate surface area is 313 Å². The van der Waals surface area contributed by atoms with Crippen LogP contribution in [0.2, 0.25) is 0 Å². The van der Waals surface area contributed by atoms with Gasteiger partial charge in [0.25, 0.3) is 0 Å². The molecule has 0 bridgehead atoms. The van der Waals surface area contributed by atoms with Gasteiger partial charge in [0.15, 0.2) is 11.9 Å². The van der Waals surface area contributed by atoms with Crippen molar-refractivity contribution in [3.8, 4) is 0 Å². The molecule has 0 aromatic rings. The highest BCUT2D eigenvalue weighted by atomic mass is 31.2. The zero-order valence-electron chi connectivity index (χ0n) is 32.0. The summed E-state index contributed by atoms with van der Waals surface area (Å²) in [5, 5.41) is 10.2. The number of hydrogen-bond acceptors (Lipinski definition) is 8. The number of carbonyl (C=O) groups excluding carboxylic acids is 3. The maximum absolute atomic E-state index is 12.5. The van der Waals surface area contributed by atoms with Crippen LogP contribution in [-0.2, 0) is 32.9 Å². The van der Waals surface area contributed by atoms with Crippen molar-refractivity contribution in [1.82, 2.24) is 0 Å². The highest BCUT2D eigenvalue weighted by Gasteiger charge is 2.27. The molecule has 0 amide bonds. The van der Waals surface area contributed by atoms with E-state index < -0.39 is 38.6 Å². The molecule has 298 valence electrons. The number of aliphatic hydroxyl groups excluding tert-OH is 1. The molecule has 0 heterocycles. The molecule has 3 N–H and O–H groups in total. The van der Waals surface area contributed by atoms with Crippen LogP contribution in [0.25, 0.3) is 0 Å². The van der Waals surface area contributed by atoms with Crippen LogP contribution in [0.3, 0.4) is 0 Å². The zero-order chi connectivity index (χ0) is 38.3. The summed E-state index contributed by atoms with van der Waals surface area (Å²) in [6.07, 6.45) is 34.6. The van der Waals surface area contributed by atoms with Crippen LogP contribution in [0.4, 0.5) is 0 Å². The lowest BCUT2D eigenvalue weighted by atomic mass is 9.90. The van der Waals surface area contributed by atoms with Gasteiger partial charge in [0.05, 0.1) is 12.7 Å². The average molecular weight is 753 g/mol. The first kappa shape index (κ1) is 47.7. The lowest BCUT2D eigenvalue weighted by Gasteiger charge is -2.18. The van der Waals surface area contributed by atoms with E-state index in [-0.39, 0.29) is 37.1 Å². The van der Waals surface area contributed by atoms with E-state index in [1.807, 2.05) is 24.3 Å². The summed E-state index contributed by atoms with van der Waals surface area (Å²) in [5.74, 6) is -1.29. The Morgan fingerprint density at radius 1 is 0.769 bits per heavy atom. The first-order valence-electron chi connectivity index (χ1n) is 20.0. The van der Waals surface area contributed by atoms with E-state index in [0.717, 1.165) is 57.8 Å². The van der Waals surface area contributed by atoms with E-state index in [0.29, 0.717) is 32.1 Å². The first-order chi connectivity index (χ1) is 25.1. The lowest BCUT2D eigenvalue weighted by Crippen LogP contribution is -2.29. The van der Waals surface area contributed by atoms with Crippen LogP contribution in [-0.4, -0.2) is 58.0 Å². The van der Waals surface area contributed by atoms with Gasteiger partial charge < -0.3 is 24.4 Å². The summed E-state index contributed by atoms with van der Waals surface area (Å²) in [6, 6.07) is 0. The maximum atomic E-state index is 12.5. The smallest absolute Gasteiger partial charge is 0.462 e. The van der Waals surface area contributed by atoms with Crippen LogP contribution < -0.4 is 0 Å². The zero-order valence-corrected chi connectivity index (χ0v) is 32.9. The van der Waals surface area contributed by atoms with Gasteiger partial charge in [-0.2, -0.15) is 0 Å². The van der Waals surface area contributed by atoms with Crippen LogP contribution in [0.1, 0.15) is 155 Å². The third kappa shape index (κ3) is 27.3. The normalized spacial score (nSPS) is 17.5. The maximum Gasteiger partial charge on any atom is 0.469 e. The molecule has 4 atom stereocenters. The molecule has 1 aliphatic carbocycles. The lowest BCUT2D eigenvalue weighted by molar-refractivity contribution is -0.161. The molecule has 10 nitrogen and oxygen atoms in total. The summed E-state index contributed by atoms with van der Waals surface area (Å²) in [7, 11) is -4.81. The Morgan fingerprint density at radius 3 is 2.02 bits per heavy atom. The number of hydrogen-bond donors (Lipinski definition) is 3. The third-order valence-corrected chi connectivity index (χ3v) is 9.55. The fraction of sp³-hybridized carbons (Fsp3) is 0.732. The molecule has 11 heteroatoms. The van der Waals surface area contributed by atoms with Crippen LogP contribution in [0.15, 0.2) is 48.6 Å². The number of unbranched alkanes of at least 4 members (excludes halogenated alkanes) is 14. The monoisotopic (exact) mass is 752 g/mol. The number of esters is 2.